The van der Waals surface area contributed by atoms with Crippen molar-refractivity contribution in [3.8, 4) is 5.75 Å². The van der Waals surface area contributed by atoms with Gasteiger partial charge < -0.3 is 10.5 Å². The van der Waals surface area contributed by atoms with Crippen molar-refractivity contribution in [1.29, 1.82) is 0 Å². The third-order valence-electron chi connectivity index (χ3n) is 3.54. The van der Waals surface area contributed by atoms with Gasteiger partial charge in [0.05, 0.1) is 6.61 Å². The zero-order chi connectivity index (χ0) is 10.5. The molecule has 1 fully saturated rings. The number of rotatable bonds is 1. The molecule has 1 aliphatic heterocycles. The predicted octanol–water partition coefficient (Wildman–Crippen LogP) is 2.70. The van der Waals surface area contributed by atoms with Crippen LogP contribution in [0.25, 0.3) is 0 Å². The second kappa shape index (κ2) is 3.13. The van der Waals surface area contributed by atoms with Crippen LogP contribution >= 0.6 is 11.6 Å². The number of fused-ring (bicyclic) bond motifs is 1. The Hall–Kier alpha value is -0.730. The van der Waals surface area contributed by atoms with E-state index in [2.05, 4.69) is 6.07 Å². The van der Waals surface area contributed by atoms with Crippen LogP contribution in [-0.2, 0) is 0 Å². The van der Waals surface area contributed by atoms with E-state index in [1.54, 1.807) is 0 Å². The first kappa shape index (κ1) is 9.49. The molecule has 2 aliphatic rings. The van der Waals surface area contributed by atoms with Gasteiger partial charge in [-0.2, -0.15) is 0 Å². The highest BCUT2D eigenvalue weighted by atomic mass is 35.5. The highest BCUT2D eigenvalue weighted by molar-refractivity contribution is 6.30. The molecule has 2 N–H and O–H groups in total. The van der Waals surface area contributed by atoms with E-state index >= 15 is 0 Å². The van der Waals surface area contributed by atoms with Gasteiger partial charge in [0.1, 0.15) is 5.75 Å². The average molecular weight is 224 g/mol. The predicted molar refractivity (Wildman–Crippen MR) is 60.5 cm³/mol. The van der Waals surface area contributed by atoms with Crippen LogP contribution in [0, 0.1) is 0 Å². The van der Waals surface area contributed by atoms with E-state index in [0.29, 0.717) is 5.92 Å². The molecule has 1 aromatic rings. The summed E-state index contributed by atoms with van der Waals surface area (Å²) in [6.45, 7) is 0.761. The Kier molecular flexibility index (Phi) is 1.98. The molecule has 0 aromatic heterocycles. The molecule has 1 unspecified atom stereocenters. The normalized spacial score (nSPS) is 26.7. The van der Waals surface area contributed by atoms with Crippen LogP contribution in [0.5, 0.6) is 5.75 Å². The maximum Gasteiger partial charge on any atom is 0.124 e. The standard InChI is InChI=1S/C12H14ClNO/c13-8-1-2-9-10(12(14)4-5-12)3-6-15-11(9)7-8/h1-2,7,10H,3-6,14H2. The fourth-order valence-corrected chi connectivity index (χ4v) is 2.62. The van der Waals surface area contributed by atoms with Crippen molar-refractivity contribution in [1.82, 2.24) is 0 Å². The summed E-state index contributed by atoms with van der Waals surface area (Å²) in [6, 6.07) is 5.89. The summed E-state index contributed by atoms with van der Waals surface area (Å²) in [4.78, 5) is 0. The van der Waals surface area contributed by atoms with Crippen LogP contribution in [0.15, 0.2) is 18.2 Å². The van der Waals surface area contributed by atoms with E-state index in [0.717, 1.165) is 36.6 Å². The molecule has 1 atom stereocenters. The number of nitrogens with two attached hydrogens (primary N) is 1. The first-order valence-corrected chi connectivity index (χ1v) is 5.78. The second-order valence-electron chi connectivity index (χ2n) is 4.61. The molecule has 1 heterocycles. The lowest BCUT2D eigenvalue weighted by Crippen LogP contribution is -2.34. The molecule has 1 aromatic carbocycles. The van der Waals surface area contributed by atoms with Crippen LogP contribution in [-0.4, -0.2) is 12.1 Å². The summed E-state index contributed by atoms with van der Waals surface area (Å²) >= 11 is 5.94. The monoisotopic (exact) mass is 223 g/mol. The highest BCUT2D eigenvalue weighted by Crippen LogP contribution is 2.50. The van der Waals surface area contributed by atoms with Gasteiger partial charge >= 0.3 is 0 Å². The van der Waals surface area contributed by atoms with Crippen LogP contribution < -0.4 is 10.5 Å². The van der Waals surface area contributed by atoms with Crippen molar-refractivity contribution in [3.05, 3.63) is 28.8 Å². The lowest BCUT2D eigenvalue weighted by atomic mass is 9.85. The molecule has 0 saturated heterocycles. The lowest BCUT2D eigenvalue weighted by Gasteiger charge is -2.30. The van der Waals surface area contributed by atoms with Gasteiger partial charge in [-0.05, 0) is 37.0 Å². The molecule has 0 bridgehead atoms. The number of hydrogen-bond donors (Lipinski definition) is 1. The first-order valence-electron chi connectivity index (χ1n) is 5.40. The van der Waals surface area contributed by atoms with E-state index in [9.17, 15) is 0 Å². The molecule has 0 amide bonds. The van der Waals surface area contributed by atoms with Gasteiger partial charge in [-0.25, -0.2) is 0 Å². The Labute approximate surface area is 94.4 Å². The largest absolute Gasteiger partial charge is 0.493 e. The van der Waals surface area contributed by atoms with E-state index < -0.39 is 0 Å². The molecule has 3 rings (SSSR count). The van der Waals surface area contributed by atoms with Gasteiger partial charge in [-0.1, -0.05) is 17.7 Å². The summed E-state index contributed by atoms with van der Waals surface area (Å²) in [5, 5.41) is 0.733. The summed E-state index contributed by atoms with van der Waals surface area (Å²) in [7, 11) is 0. The minimum atomic E-state index is 0.0341. The van der Waals surface area contributed by atoms with Gasteiger partial charge in [-0.15, -0.1) is 0 Å². The SMILES string of the molecule is NC1(C2CCOc3cc(Cl)ccc32)CC1. The van der Waals surface area contributed by atoms with Crippen LogP contribution in [0.4, 0.5) is 0 Å². The second-order valence-corrected chi connectivity index (χ2v) is 5.04. The molecular formula is C12H14ClNO. The Morgan fingerprint density at radius 3 is 2.93 bits per heavy atom. The molecule has 1 saturated carbocycles. The Morgan fingerprint density at radius 2 is 2.20 bits per heavy atom. The molecule has 15 heavy (non-hydrogen) atoms. The number of hydrogen-bond acceptors (Lipinski definition) is 2. The van der Waals surface area contributed by atoms with Crippen molar-refractivity contribution in [2.75, 3.05) is 6.61 Å². The van der Waals surface area contributed by atoms with E-state index in [4.69, 9.17) is 22.1 Å². The average Bonchev–Trinajstić information content (AvgIpc) is 2.96. The van der Waals surface area contributed by atoms with E-state index in [1.807, 2.05) is 12.1 Å². The maximum atomic E-state index is 6.29. The third kappa shape index (κ3) is 1.52. The fraction of sp³-hybridized carbons (Fsp3) is 0.500. The minimum absolute atomic E-state index is 0.0341. The third-order valence-corrected chi connectivity index (χ3v) is 3.77. The van der Waals surface area contributed by atoms with Gasteiger partial charge in [0.2, 0.25) is 0 Å². The summed E-state index contributed by atoms with van der Waals surface area (Å²) in [5.74, 6) is 1.38. The quantitative estimate of drug-likeness (QED) is 0.795. The van der Waals surface area contributed by atoms with E-state index in [-0.39, 0.29) is 5.54 Å². The molecule has 0 spiro atoms. The molecule has 0 radical (unpaired) electrons. The summed E-state index contributed by atoms with van der Waals surface area (Å²) in [6.07, 6.45) is 3.31. The maximum absolute atomic E-state index is 6.29. The molecular weight excluding hydrogens is 210 g/mol. The van der Waals surface area contributed by atoms with E-state index in [1.165, 1.54) is 5.56 Å². The smallest absolute Gasteiger partial charge is 0.124 e. The Bertz CT molecular complexity index is 401. The Morgan fingerprint density at radius 1 is 1.40 bits per heavy atom. The van der Waals surface area contributed by atoms with Crippen LogP contribution in [0.1, 0.15) is 30.7 Å². The number of ether oxygens (including phenoxy) is 1. The zero-order valence-electron chi connectivity index (χ0n) is 8.50. The van der Waals surface area contributed by atoms with Crippen LogP contribution in [0.3, 0.4) is 0 Å². The fourth-order valence-electron chi connectivity index (χ4n) is 2.45. The van der Waals surface area contributed by atoms with Crippen molar-refractivity contribution in [2.45, 2.75) is 30.7 Å². The lowest BCUT2D eigenvalue weighted by molar-refractivity contribution is 0.251. The topological polar surface area (TPSA) is 35.2 Å². The van der Waals surface area contributed by atoms with Gasteiger partial charge in [0, 0.05) is 16.5 Å². The van der Waals surface area contributed by atoms with Crippen LogP contribution in [0.2, 0.25) is 5.02 Å². The van der Waals surface area contributed by atoms with Gasteiger partial charge in [0.15, 0.2) is 0 Å². The van der Waals surface area contributed by atoms with Gasteiger partial charge in [0.25, 0.3) is 0 Å². The highest BCUT2D eigenvalue weighted by Gasteiger charge is 2.47. The van der Waals surface area contributed by atoms with Crippen molar-refractivity contribution < 1.29 is 4.74 Å². The first-order chi connectivity index (χ1) is 7.19. The summed E-state index contributed by atoms with van der Waals surface area (Å²) < 4.78 is 5.62. The van der Waals surface area contributed by atoms with Gasteiger partial charge in [-0.3, -0.25) is 0 Å². The number of benzene rings is 1. The molecule has 1 aliphatic carbocycles. The van der Waals surface area contributed by atoms with Crippen molar-refractivity contribution in [2.24, 2.45) is 5.73 Å². The minimum Gasteiger partial charge on any atom is -0.493 e. The summed E-state index contributed by atoms with van der Waals surface area (Å²) in [5.41, 5.74) is 7.56. The van der Waals surface area contributed by atoms with Crippen molar-refractivity contribution >= 4 is 11.6 Å². The zero-order valence-corrected chi connectivity index (χ0v) is 9.26. The number of halogens is 1. The molecule has 80 valence electrons. The van der Waals surface area contributed by atoms with Crippen molar-refractivity contribution in [3.63, 3.8) is 0 Å². The molecule has 2 nitrogen and oxygen atoms in total. The Balaban J connectivity index is 2.03. The molecule has 3 heteroatoms.